The second kappa shape index (κ2) is 6.94. The minimum absolute atomic E-state index is 0.454. The number of anilines is 1. The Labute approximate surface area is 113 Å². The van der Waals surface area contributed by atoms with Crippen LogP contribution < -0.4 is 5.32 Å². The summed E-state index contributed by atoms with van der Waals surface area (Å²) in [6.07, 6.45) is 3.73. The molecule has 1 atom stereocenters. The topological polar surface area (TPSA) is 37.8 Å². The molecule has 1 aromatic heterocycles. The zero-order valence-electron chi connectivity index (χ0n) is 11.1. The van der Waals surface area contributed by atoms with Crippen molar-refractivity contribution in [1.29, 1.82) is 0 Å². The van der Waals surface area contributed by atoms with E-state index >= 15 is 0 Å². The summed E-state index contributed by atoms with van der Waals surface area (Å²) in [6, 6.07) is 2.38. The molecule has 1 aromatic rings. The lowest BCUT2D eigenvalue weighted by atomic mass is 10.0. The minimum Gasteiger partial charge on any atom is -0.367 e. The molecule has 1 rings (SSSR count). The van der Waals surface area contributed by atoms with Gasteiger partial charge in [-0.3, -0.25) is 0 Å². The third-order valence-electron chi connectivity index (χ3n) is 2.62. The summed E-state index contributed by atoms with van der Waals surface area (Å²) in [5.74, 6) is 2.48. The van der Waals surface area contributed by atoms with Crippen molar-refractivity contribution < 1.29 is 0 Å². The average Bonchev–Trinajstić information content (AvgIpc) is 2.14. The molecule has 3 nitrogen and oxygen atoms in total. The molecule has 0 spiro atoms. The number of nitrogens with zero attached hydrogens (tertiary/aromatic N) is 2. The number of rotatable bonds is 6. The van der Waals surface area contributed by atoms with Crippen LogP contribution in [0.4, 0.5) is 5.82 Å². The molecule has 1 heterocycles. The summed E-state index contributed by atoms with van der Waals surface area (Å²) >= 11 is 3.38. The molecule has 0 aliphatic heterocycles. The highest BCUT2D eigenvalue weighted by atomic mass is 79.9. The first-order chi connectivity index (χ1) is 7.97. The van der Waals surface area contributed by atoms with Crippen LogP contribution in [0.5, 0.6) is 0 Å². The number of hydrogen-bond acceptors (Lipinski definition) is 3. The number of halogens is 1. The van der Waals surface area contributed by atoms with Gasteiger partial charge in [0.1, 0.15) is 16.2 Å². The molecule has 17 heavy (non-hydrogen) atoms. The predicted molar refractivity (Wildman–Crippen MR) is 76.2 cm³/mol. The lowest BCUT2D eigenvalue weighted by Gasteiger charge is -2.15. The van der Waals surface area contributed by atoms with Crippen LogP contribution in [0.2, 0.25) is 0 Å². The van der Waals surface area contributed by atoms with E-state index in [0.29, 0.717) is 6.04 Å². The van der Waals surface area contributed by atoms with E-state index < -0.39 is 0 Å². The van der Waals surface area contributed by atoms with Gasteiger partial charge in [-0.25, -0.2) is 9.97 Å². The smallest absolute Gasteiger partial charge is 0.131 e. The SMILES string of the molecule is Cc1nc(Br)cc(NC(C)CCCC(C)C)n1. The van der Waals surface area contributed by atoms with E-state index in [-0.39, 0.29) is 0 Å². The van der Waals surface area contributed by atoms with Crippen molar-refractivity contribution in [2.45, 2.75) is 53.0 Å². The van der Waals surface area contributed by atoms with Crippen LogP contribution in [0.1, 0.15) is 45.9 Å². The maximum Gasteiger partial charge on any atom is 0.131 e. The van der Waals surface area contributed by atoms with Crippen molar-refractivity contribution in [2.75, 3.05) is 5.32 Å². The van der Waals surface area contributed by atoms with Crippen molar-refractivity contribution in [2.24, 2.45) is 5.92 Å². The van der Waals surface area contributed by atoms with Crippen LogP contribution in [0.3, 0.4) is 0 Å². The van der Waals surface area contributed by atoms with E-state index in [9.17, 15) is 0 Å². The average molecular weight is 300 g/mol. The fourth-order valence-corrected chi connectivity index (χ4v) is 2.24. The van der Waals surface area contributed by atoms with Crippen molar-refractivity contribution in [3.05, 3.63) is 16.5 Å². The van der Waals surface area contributed by atoms with Crippen molar-refractivity contribution in [3.8, 4) is 0 Å². The van der Waals surface area contributed by atoms with Crippen LogP contribution in [0.15, 0.2) is 10.7 Å². The Morgan fingerprint density at radius 3 is 2.53 bits per heavy atom. The second-order valence-corrected chi connectivity index (χ2v) is 5.81. The van der Waals surface area contributed by atoms with E-state index in [2.05, 4.69) is 52.0 Å². The zero-order valence-corrected chi connectivity index (χ0v) is 12.7. The molecular weight excluding hydrogens is 278 g/mol. The second-order valence-electron chi connectivity index (χ2n) is 4.99. The Bertz CT molecular complexity index is 332. The standard InChI is InChI=1S/C13H22BrN3/c1-9(2)6-5-7-10(3)15-13-8-12(14)16-11(4)17-13/h8-10H,5-7H2,1-4H3,(H,15,16,17). The quantitative estimate of drug-likeness (QED) is 0.801. The minimum atomic E-state index is 0.454. The summed E-state index contributed by atoms with van der Waals surface area (Å²) in [4.78, 5) is 8.56. The van der Waals surface area contributed by atoms with E-state index in [1.54, 1.807) is 0 Å². The summed E-state index contributed by atoms with van der Waals surface area (Å²) in [5.41, 5.74) is 0. The van der Waals surface area contributed by atoms with Crippen LogP contribution in [-0.4, -0.2) is 16.0 Å². The van der Waals surface area contributed by atoms with E-state index in [1.165, 1.54) is 19.3 Å². The van der Waals surface area contributed by atoms with Gasteiger partial charge in [-0.2, -0.15) is 0 Å². The highest BCUT2D eigenvalue weighted by Gasteiger charge is 2.05. The molecule has 0 radical (unpaired) electrons. The molecule has 0 aliphatic rings. The fourth-order valence-electron chi connectivity index (χ4n) is 1.76. The molecule has 4 heteroatoms. The van der Waals surface area contributed by atoms with Crippen molar-refractivity contribution in [1.82, 2.24) is 9.97 Å². The Hall–Kier alpha value is -0.640. The molecule has 0 fully saturated rings. The number of aryl methyl sites for hydroxylation is 1. The molecule has 0 saturated carbocycles. The Balaban J connectivity index is 2.42. The maximum absolute atomic E-state index is 4.36. The molecule has 1 unspecified atom stereocenters. The molecule has 0 aromatic carbocycles. The first kappa shape index (κ1) is 14.4. The van der Waals surface area contributed by atoms with E-state index in [0.717, 1.165) is 22.2 Å². The van der Waals surface area contributed by atoms with Gasteiger partial charge in [0, 0.05) is 12.1 Å². The molecule has 0 aliphatic carbocycles. The summed E-state index contributed by atoms with van der Waals surface area (Å²) < 4.78 is 0.835. The summed E-state index contributed by atoms with van der Waals surface area (Å²) in [6.45, 7) is 8.64. The highest BCUT2D eigenvalue weighted by molar-refractivity contribution is 9.10. The first-order valence-corrected chi connectivity index (χ1v) is 7.04. The zero-order chi connectivity index (χ0) is 12.8. The van der Waals surface area contributed by atoms with E-state index in [1.807, 2.05) is 13.0 Å². The van der Waals surface area contributed by atoms with Gasteiger partial charge in [0.05, 0.1) is 0 Å². The third-order valence-corrected chi connectivity index (χ3v) is 3.03. The molecule has 0 bridgehead atoms. The Morgan fingerprint density at radius 1 is 1.24 bits per heavy atom. The predicted octanol–water partition coefficient (Wildman–Crippen LogP) is 4.17. The molecule has 96 valence electrons. The van der Waals surface area contributed by atoms with Crippen LogP contribution in [-0.2, 0) is 0 Å². The molecular formula is C13H22BrN3. The maximum atomic E-state index is 4.36. The number of hydrogen-bond donors (Lipinski definition) is 1. The van der Waals surface area contributed by atoms with Gasteiger partial charge in [-0.15, -0.1) is 0 Å². The van der Waals surface area contributed by atoms with Gasteiger partial charge in [-0.1, -0.05) is 26.7 Å². The molecule has 1 N–H and O–H groups in total. The van der Waals surface area contributed by atoms with E-state index in [4.69, 9.17) is 0 Å². The lowest BCUT2D eigenvalue weighted by Crippen LogP contribution is -2.16. The Morgan fingerprint density at radius 2 is 1.94 bits per heavy atom. The molecule has 0 amide bonds. The van der Waals surface area contributed by atoms with Gasteiger partial charge in [0.15, 0.2) is 0 Å². The first-order valence-electron chi connectivity index (χ1n) is 6.25. The highest BCUT2D eigenvalue weighted by Crippen LogP contribution is 2.15. The monoisotopic (exact) mass is 299 g/mol. The van der Waals surface area contributed by atoms with Crippen LogP contribution in [0, 0.1) is 12.8 Å². The normalized spacial score (nSPS) is 12.8. The van der Waals surface area contributed by atoms with Crippen LogP contribution >= 0.6 is 15.9 Å². The van der Waals surface area contributed by atoms with Crippen LogP contribution in [0.25, 0.3) is 0 Å². The van der Waals surface area contributed by atoms with Crippen molar-refractivity contribution >= 4 is 21.7 Å². The van der Waals surface area contributed by atoms with Gasteiger partial charge >= 0.3 is 0 Å². The largest absolute Gasteiger partial charge is 0.367 e. The van der Waals surface area contributed by atoms with Gasteiger partial charge in [0.2, 0.25) is 0 Å². The van der Waals surface area contributed by atoms with Crippen molar-refractivity contribution in [3.63, 3.8) is 0 Å². The van der Waals surface area contributed by atoms with Gasteiger partial charge in [0.25, 0.3) is 0 Å². The third kappa shape index (κ3) is 6.01. The summed E-state index contributed by atoms with van der Waals surface area (Å²) in [5, 5.41) is 3.42. The summed E-state index contributed by atoms with van der Waals surface area (Å²) in [7, 11) is 0. The van der Waals surface area contributed by atoms with Gasteiger partial charge < -0.3 is 5.32 Å². The lowest BCUT2D eigenvalue weighted by molar-refractivity contribution is 0.520. The molecule has 0 saturated heterocycles. The number of aromatic nitrogens is 2. The Kier molecular flexibility index (Phi) is 5.89. The fraction of sp³-hybridized carbons (Fsp3) is 0.692. The number of nitrogens with one attached hydrogen (secondary N) is 1. The van der Waals surface area contributed by atoms with Gasteiger partial charge in [-0.05, 0) is 42.1 Å².